The number of pyridine rings is 1. The van der Waals surface area contributed by atoms with Gasteiger partial charge in [-0.2, -0.15) is 0 Å². The Morgan fingerprint density at radius 2 is 1.95 bits per heavy atom. The molecule has 1 aromatic heterocycles. The van der Waals surface area contributed by atoms with Crippen molar-refractivity contribution in [2.75, 3.05) is 5.32 Å². The van der Waals surface area contributed by atoms with Gasteiger partial charge in [0.15, 0.2) is 0 Å². The molecule has 2 nitrogen and oxygen atoms in total. The first-order valence-corrected chi connectivity index (χ1v) is 7.36. The molecule has 0 saturated heterocycles. The van der Waals surface area contributed by atoms with E-state index in [1.54, 1.807) is 0 Å². The first-order valence-electron chi connectivity index (χ1n) is 6.57. The van der Waals surface area contributed by atoms with Crippen molar-refractivity contribution in [1.82, 2.24) is 4.98 Å². The van der Waals surface area contributed by atoms with E-state index in [0.29, 0.717) is 0 Å². The number of nitrogens with one attached hydrogen (secondary N) is 1. The van der Waals surface area contributed by atoms with Gasteiger partial charge in [-0.25, -0.2) is 0 Å². The van der Waals surface area contributed by atoms with Crippen molar-refractivity contribution in [2.45, 2.75) is 13.5 Å². The Balaban J connectivity index is 1.89. The Labute approximate surface area is 127 Å². The number of hydrogen-bond acceptors (Lipinski definition) is 2. The maximum atomic E-state index is 4.48. The number of fused-ring (bicyclic) bond motifs is 1. The molecule has 20 heavy (non-hydrogen) atoms. The number of para-hydroxylation sites is 1. The van der Waals surface area contributed by atoms with E-state index in [1.165, 1.54) is 16.5 Å². The van der Waals surface area contributed by atoms with E-state index < -0.39 is 0 Å². The third kappa shape index (κ3) is 2.68. The molecule has 3 aromatic rings. The highest BCUT2D eigenvalue weighted by Gasteiger charge is 2.03. The minimum Gasteiger partial charge on any atom is -0.381 e. The molecule has 0 atom stereocenters. The van der Waals surface area contributed by atoms with Crippen LogP contribution in [0.25, 0.3) is 10.9 Å². The minimum atomic E-state index is 0.769. The van der Waals surface area contributed by atoms with E-state index in [4.69, 9.17) is 0 Å². The van der Waals surface area contributed by atoms with Crippen LogP contribution in [0.4, 0.5) is 5.69 Å². The van der Waals surface area contributed by atoms with E-state index in [1.807, 2.05) is 12.3 Å². The first-order chi connectivity index (χ1) is 9.74. The Morgan fingerprint density at radius 1 is 1.10 bits per heavy atom. The zero-order valence-corrected chi connectivity index (χ0v) is 12.8. The van der Waals surface area contributed by atoms with Crippen molar-refractivity contribution < 1.29 is 0 Å². The Bertz CT molecular complexity index is 748. The number of rotatable bonds is 3. The third-order valence-corrected chi connectivity index (χ3v) is 3.88. The summed E-state index contributed by atoms with van der Waals surface area (Å²) in [6.07, 6.45) is 1.84. The predicted octanol–water partition coefficient (Wildman–Crippen LogP) is 4.92. The van der Waals surface area contributed by atoms with E-state index in [2.05, 4.69) is 75.6 Å². The highest BCUT2D eigenvalue weighted by molar-refractivity contribution is 9.10. The summed E-state index contributed by atoms with van der Waals surface area (Å²) in [6.45, 7) is 2.88. The third-order valence-electron chi connectivity index (χ3n) is 3.39. The smallest absolute Gasteiger partial charge is 0.0751 e. The molecule has 0 radical (unpaired) electrons. The molecule has 0 unspecified atom stereocenters. The lowest BCUT2D eigenvalue weighted by Gasteiger charge is -2.11. The summed E-state index contributed by atoms with van der Waals surface area (Å²) in [5.74, 6) is 0. The van der Waals surface area contributed by atoms with Gasteiger partial charge in [-0.1, -0.05) is 46.3 Å². The van der Waals surface area contributed by atoms with Crippen molar-refractivity contribution in [3.05, 3.63) is 70.3 Å². The summed E-state index contributed by atoms with van der Waals surface area (Å²) in [7, 11) is 0. The first kappa shape index (κ1) is 13.1. The van der Waals surface area contributed by atoms with Gasteiger partial charge < -0.3 is 5.32 Å². The molecule has 3 rings (SSSR count). The van der Waals surface area contributed by atoms with Gasteiger partial charge in [0.1, 0.15) is 0 Å². The molecule has 0 amide bonds. The molecule has 3 heteroatoms. The maximum absolute atomic E-state index is 4.48. The predicted molar refractivity (Wildman–Crippen MR) is 87.9 cm³/mol. The van der Waals surface area contributed by atoms with Gasteiger partial charge in [0.25, 0.3) is 0 Å². The van der Waals surface area contributed by atoms with Crippen LogP contribution in [0.1, 0.15) is 11.1 Å². The quantitative estimate of drug-likeness (QED) is 0.739. The maximum Gasteiger partial charge on any atom is 0.0751 e. The van der Waals surface area contributed by atoms with E-state index in [9.17, 15) is 0 Å². The van der Waals surface area contributed by atoms with Crippen LogP contribution < -0.4 is 5.32 Å². The number of aromatic nitrogens is 1. The molecule has 0 aliphatic rings. The number of nitrogens with zero attached hydrogens (tertiary/aromatic N) is 1. The van der Waals surface area contributed by atoms with Gasteiger partial charge in [0, 0.05) is 28.3 Å². The fourth-order valence-corrected chi connectivity index (χ4v) is 2.65. The SMILES string of the molecule is Cc1ccc(Br)cc1NCc1cccc2cccnc12. The molecule has 0 aliphatic carbocycles. The zero-order valence-electron chi connectivity index (χ0n) is 11.2. The number of aryl methyl sites for hydroxylation is 1. The second kappa shape index (κ2) is 5.63. The second-order valence-electron chi connectivity index (χ2n) is 4.81. The van der Waals surface area contributed by atoms with Crippen LogP contribution in [0.2, 0.25) is 0 Å². The normalized spacial score (nSPS) is 10.7. The topological polar surface area (TPSA) is 24.9 Å². The lowest BCUT2D eigenvalue weighted by atomic mass is 10.1. The standard InChI is InChI=1S/C17H15BrN2/c1-12-7-8-15(18)10-16(12)20-11-14-5-2-4-13-6-3-9-19-17(13)14/h2-10,20H,11H2,1H3. The summed E-state index contributed by atoms with van der Waals surface area (Å²) in [6, 6.07) is 16.6. The van der Waals surface area contributed by atoms with Crippen LogP contribution in [-0.4, -0.2) is 4.98 Å². The van der Waals surface area contributed by atoms with Gasteiger partial charge in [0.05, 0.1) is 5.52 Å². The molecular weight excluding hydrogens is 312 g/mol. The monoisotopic (exact) mass is 326 g/mol. The second-order valence-corrected chi connectivity index (χ2v) is 5.72. The van der Waals surface area contributed by atoms with Gasteiger partial charge in [-0.3, -0.25) is 4.98 Å². The molecule has 0 saturated carbocycles. The molecule has 0 aliphatic heterocycles. The average molecular weight is 327 g/mol. The summed E-state index contributed by atoms with van der Waals surface area (Å²) >= 11 is 3.51. The Hall–Kier alpha value is -1.87. The van der Waals surface area contributed by atoms with Crippen LogP contribution in [0, 0.1) is 6.92 Å². The Morgan fingerprint density at radius 3 is 2.85 bits per heavy atom. The van der Waals surface area contributed by atoms with Crippen molar-refractivity contribution in [3.63, 3.8) is 0 Å². The molecular formula is C17H15BrN2. The van der Waals surface area contributed by atoms with E-state index in [-0.39, 0.29) is 0 Å². The fraction of sp³-hybridized carbons (Fsp3) is 0.118. The van der Waals surface area contributed by atoms with Crippen LogP contribution >= 0.6 is 15.9 Å². The lowest BCUT2D eigenvalue weighted by Crippen LogP contribution is -2.02. The average Bonchev–Trinajstić information content (AvgIpc) is 2.48. The van der Waals surface area contributed by atoms with Crippen LogP contribution in [0.15, 0.2) is 59.2 Å². The van der Waals surface area contributed by atoms with Gasteiger partial charge in [-0.15, -0.1) is 0 Å². The molecule has 1 N–H and O–H groups in total. The molecule has 2 aromatic carbocycles. The van der Waals surface area contributed by atoms with E-state index in [0.717, 1.165) is 22.2 Å². The molecule has 0 spiro atoms. The van der Waals surface area contributed by atoms with Gasteiger partial charge in [-0.05, 0) is 36.2 Å². The molecule has 0 bridgehead atoms. The van der Waals surface area contributed by atoms with Crippen molar-refractivity contribution >= 4 is 32.5 Å². The Kier molecular flexibility index (Phi) is 3.70. The summed E-state index contributed by atoms with van der Waals surface area (Å²) in [5.41, 5.74) is 4.66. The van der Waals surface area contributed by atoms with Crippen LogP contribution in [-0.2, 0) is 6.54 Å². The van der Waals surface area contributed by atoms with Crippen molar-refractivity contribution in [2.24, 2.45) is 0 Å². The van der Waals surface area contributed by atoms with Crippen LogP contribution in [0.3, 0.4) is 0 Å². The van der Waals surface area contributed by atoms with Gasteiger partial charge in [0.2, 0.25) is 0 Å². The van der Waals surface area contributed by atoms with Crippen LogP contribution in [0.5, 0.6) is 0 Å². The summed E-state index contributed by atoms with van der Waals surface area (Å²) in [4.78, 5) is 4.48. The number of benzene rings is 2. The number of halogens is 1. The summed E-state index contributed by atoms with van der Waals surface area (Å²) < 4.78 is 1.08. The van der Waals surface area contributed by atoms with E-state index >= 15 is 0 Å². The molecule has 100 valence electrons. The van der Waals surface area contributed by atoms with Gasteiger partial charge >= 0.3 is 0 Å². The number of hydrogen-bond donors (Lipinski definition) is 1. The largest absolute Gasteiger partial charge is 0.381 e. The lowest BCUT2D eigenvalue weighted by molar-refractivity contribution is 1.14. The molecule has 1 heterocycles. The highest BCUT2D eigenvalue weighted by atomic mass is 79.9. The highest BCUT2D eigenvalue weighted by Crippen LogP contribution is 2.22. The van der Waals surface area contributed by atoms with Crippen molar-refractivity contribution in [3.8, 4) is 0 Å². The number of anilines is 1. The summed E-state index contributed by atoms with van der Waals surface area (Å²) in [5, 5.41) is 4.67. The fourth-order valence-electron chi connectivity index (χ4n) is 2.29. The van der Waals surface area contributed by atoms with Crippen molar-refractivity contribution in [1.29, 1.82) is 0 Å². The minimum absolute atomic E-state index is 0.769. The molecule has 0 fully saturated rings. The zero-order chi connectivity index (χ0) is 13.9.